The first-order valence-corrected chi connectivity index (χ1v) is 7.07. The fraction of sp³-hybridized carbons (Fsp3) is 0.385. The van der Waals surface area contributed by atoms with Crippen LogP contribution in [0.3, 0.4) is 0 Å². The number of aromatic nitrogens is 2. The smallest absolute Gasteiger partial charge is 0.335 e. The molecule has 1 heterocycles. The van der Waals surface area contributed by atoms with Crippen molar-refractivity contribution in [1.29, 1.82) is 0 Å². The quantitative estimate of drug-likeness (QED) is 0.900. The summed E-state index contributed by atoms with van der Waals surface area (Å²) < 4.78 is 1.50. The van der Waals surface area contributed by atoms with E-state index in [4.69, 9.17) is 5.11 Å². The van der Waals surface area contributed by atoms with Gasteiger partial charge in [-0.2, -0.15) is 11.8 Å². The summed E-state index contributed by atoms with van der Waals surface area (Å²) in [6, 6.07) is 4.65. The lowest BCUT2D eigenvalue weighted by atomic mass is 10.2. The number of nitrogens with one attached hydrogen (secondary N) is 1. The van der Waals surface area contributed by atoms with Crippen LogP contribution in [-0.4, -0.2) is 31.6 Å². The maximum atomic E-state index is 12.0. The molecule has 0 aliphatic rings. The highest BCUT2D eigenvalue weighted by Gasteiger charge is 2.20. The van der Waals surface area contributed by atoms with Gasteiger partial charge >= 0.3 is 11.7 Å². The van der Waals surface area contributed by atoms with Crippen molar-refractivity contribution in [2.75, 3.05) is 6.26 Å². The molecule has 1 aromatic carbocycles. The van der Waals surface area contributed by atoms with Gasteiger partial charge in [0.15, 0.2) is 0 Å². The van der Waals surface area contributed by atoms with Gasteiger partial charge in [-0.1, -0.05) is 0 Å². The van der Waals surface area contributed by atoms with Crippen molar-refractivity contribution < 1.29 is 9.90 Å². The van der Waals surface area contributed by atoms with E-state index in [1.54, 1.807) is 22.4 Å². The number of H-pyrrole nitrogens is 1. The van der Waals surface area contributed by atoms with Crippen molar-refractivity contribution in [3.63, 3.8) is 0 Å². The van der Waals surface area contributed by atoms with Crippen LogP contribution in [0.4, 0.5) is 0 Å². The molecule has 0 fully saturated rings. The highest BCUT2D eigenvalue weighted by atomic mass is 32.2. The Balaban J connectivity index is 2.59. The van der Waals surface area contributed by atoms with Crippen LogP contribution in [0, 0.1) is 0 Å². The lowest BCUT2D eigenvalue weighted by molar-refractivity contribution is 0.0697. The van der Waals surface area contributed by atoms with Crippen LogP contribution in [0.25, 0.3) is 11.0 Å². The summed E-state index contributed by atoms with van der Waals surface area (Å²) in [4.78, 5) is 25.7. The molecule has 102 valence electrons. The molecule has 0 aliphatic carbocycles. The first-order chi connectivity index (χ1) is 8.84. The van der Waals surface area contributed by atoms with Gasteiger partial charge in [-0.15, -0.1) is 0 Å². The van der Waals surface area contributed by atoms with Crippen LogP contribution in [0.5, 0.6) is 0 Å². The topological polar surface area (TPSA) is 75.1 Å². The highest BCUT2D eigenvalue weighted by molar-refractivity contribution is 7.99. The van der Waals surface area contributed by atoms with Gasteiger partial charge in [0, 0.05) is 11.3 Å². The standard InChI is InChI=1S/C13H16N2O3S/c1-13(2,19-3)7-15-10-6-8(11(16)17)4-5-9(10)14-12(15)18/h4-6H,7H2,1-3H3,(H,14,18)(H,16,17). The van der Waals surface area contributed by atoms with Crippen molar-refractivity contribution in [2.24, 2.45) is 0 Å². The van der Waals surface area contributed by atoms with Gasteiger partial charge in [0.1, 0.15) is 0 Å². The largest absolute Gasteiger partial charge is 0.478 e. The fourth-order valence-electron chi connectivity index (χ4n) is 1.89. The number of hydrogen-bond donors (Lipinski definition) is 2. The highest BCUT2D eigenvalue weighted by Crippen LogP contribution is 2.24. The SMILES string of the molecule is CSC(C)(C)Cn1c(=O)[nH]c2ccc(C(=O)O)cc21. The molecule has 0 saturated heterocycles. The molecule has 0 radical (unpaired) electrons. The monoisotopic (exact) mass is 280 g/mol. The molecule has 0 atom stereocenters. The Morgan fingerprint density at radius 2 is 2.16 bits per heavy atom. The second kappa shape index (κ2) is 4.77. The Morgan fingerprint density at radius 1 is 1.47 bits per heavy atom. The Bertz CT molecular complexity index is 685. The second-order valence-corrected chi connectivity index (χ2v) is 6.53. The van der Waals surface area contributed by atoms with Crippen LogP contribution in [0.2, 0.25) is 0 Å². The van der Waals surface area contributed by atoms with Gasteiger partial charge in [-0.3, -0.25) is 4.57 Å². The van der Waals surface area contributed by atoms with E-state index in [0.717, 1.165) is 0 Å². The van der Waals surface area contributed by atoms with E-state index in [1.807, 2.05) is 20.1 Å². The average molecular weight is 280 g/mol. The molecule has 2 N–H and O–H groups in total. The van der Waals surface area contributed by atoms with Gasteiger partial charge < -0.3 is 10.1 Å². The number of carbonyl (C=O) groups is 1. The molecule has 0 bridgehead atoms. The number of hydrogen-bond acceptors (Lipinski definition) is 3. The Kier molecular flexibility index (Phi) is 3.45. The number of nitrogens with zero attached hydrogens (tertiary/aromatic N) is 1. The van der Waals surface area contributed by atoms with E-state index in [9.17, 15) is 9.59 Å². The zero-order valence-corrected chi connectivity index (χ0v) is 11.9. The zero-order chi connectivity index (χ0) is 14.2. The number of thioether (sulfide) groups is 1. The number of fused-ring (bicyclic) bond motifs is 1. The lowest BCUT2D eigenvalue weighted by Gasteiger charge is -2.22. The molecule has 5 nitrogen and oxygen atoms in total. The minimum atomic E-state index is -0.994. The number of aromatic carboxylic acids is 1. The Labute approximate surface area is 114 Å². The first-order valence-electron chi connectivity index (χ1n) is 5.85. The fourth-order valence-corrected chi connectivity index (χ4v) is 2.15. The molecular formula is C13H16N2O3S. The van der Waals surface area contributed by atoms with Crippen molar-refractivity contribution >= 4 is 28.8 Å². The lowest BCUT2D eigenvalue weighted by Crippen LogP contribution is -2.28. The van der Waals surface area contributed by atoms with Crippen LogP contribution in [-0.2, 0) is 6.54 Å². The van der Waals surface area contributed by atoms with E-state index < -0.39 is 5.97 Å². The molecule has 0 aliphatic heterocycles. The van der Waals surface area contributed by atoms with E-state index in [-0.39, 0.29) is 16.0 Å². The van der Waals surface area contributed by atoms with E-state index in [2.05, 4.69) is 4.98 Å². The third-order valence-electron chi connectivity index (χ3n) is 3.11. The van der Waals surface area contributed by atoms with Crippen molar-refractivity contribution in [2.45, 2.75) is 25.1 Å². The molecule has 1 aromatic heterocycles. The van der Waals surface area contributed by atoms with Crippen molar-refractivity contribution in [1.82, 2.24) is 9.55 Å². The average Bonchev–Trinajstić information content (AvgIpc) is 2.65. The summed E-state index contributed by atoms with van der Waals surface area (Å²) in [7, 11) is 0. The zero-order valence-electron chi connectivity index (χ0n) is 11.1. The van der Waals surface area contributed by atoms with Gasteiger partial charge in [-0.05, 0) is 38.3 Å². The van der Waals surface area contributed by atoms with Gasteiger partial charge in [0.05, 0.1) is 16.6 Å². The molecule has 0 amide bonds. The summed E-state index contributed by atoms with van der Waals surface area (Å²) in [5.74, 6) is -0.994. The third-order valence-corrected chi connectivity index (χ3v) is 4.35. The number of benzene rings is 1. The predicted molar refractivity (Wildman–Crippen MR) is 77.1 cm³/mol. The van der Waals surface area contributed by atoms with Gasteiger partial charge in [-0.25, -0.2) is 9.59 Å². The number of carboxylic acid groups (broad SMARTS) is 1. The van der Waals surface area contributed by atoms with E-state index >= 15 is 0 Å². The maximum absolute atomic E-state index is 12.0. The van der Waals surface area contributed by atoms with Gasteiger partial charge in [0.25, 0.3) is 0 Å². The molecule has 19 heavy (non-hydrogen) atoms. The van der Waals surface area contributed by atoms with Crippen LogP contribution in [0.1, 0.15) is 24.2 Å². The minimum absolute atomic E-state index is 0.0990. The maximum Gasteiger partial charge on any atom is 0.335 e. The summed E-state index contributed by atoms with van der Waals surface area (Å²) in [5.41, 5.74) is 1.26. The summed E-state index contributed by atoms with van der Waals surface area (Å²) in [6.07, 6.45) is 1.99. The van der Waals surface area contributed by atoms with Gasteiger partial charge in [0.2, 0.25) is 0 Å². The number of imidazole rings is 1. The van der Waals surface area contributed by atoms with Crippen molar-refractivity contribution in [3.05, 3.63) is 34.2 Å². The molecule has 0 spiro atoms. The van der Waals surface area contributed by atoms with E-state index in [1.165, 1.54) is 12.1 Å². The minimum Gasteiger partial charge on any atom is -0.478 e. The van der Waals surface area contributed by atoms with Crippen LogP contribution < -0.4 is 5.69 Å². The number of rotatable bonds is 4. The van der Waals surface area contributed by atoms with E-state index in [0.29, 0.717) is 17.6 Å². The third kappa shape index (κ3) is 2.68. The molecule has 0 saturated carbocycles. The van der Waals surface area contributed by atoms with Crippen LogP contribution in [0.15, 0.2) is 23.0 Å². The summed E-state index contributed by atoms with van der Waals surface area (Å²) >= 11 is 1.66. The molecular weight excluding hydrogens is 264 g/mol. The molecule has 2 aromatic rings. The molecule has 2 rings (SSSR count). The van der Waals surface area contributed by atoms with Crippen molar-refractivity contribution in [3.8, 4) is 0 Å². The number of carboxylic acids is 1. The summed E-state index contributed by atoms with van der Waals surface area (Å²) in [6.45, 7) is 4.62. The molecule has 0 unspecified atom stereocenters. The Morgan fingerprint density at radius 3 is 2.74 bits per heavy atom. The van der Waals surface area contributed by atoms with Crippen LogP contribution >= 0.6 is 11.8 Å². The first kappa shape index (κ1) is 13.7. The normalized spacial score (nSPS) is 11.9. The predicted octanol–water partition coefficient (Wildman–Crippen LogP) is 2.17. The number of aromatic amines is 1. The Hall–Kier alpha value is -1.69. The molecule has 6 heteroatoms. The second-order valence-electron chi connectivity index (χ2n) is 5.02. The summed E-state index contributed by atoms with van der Waals surface area (Å²) in [5, 5.41) is 9.02.